The van der Waals surface area contributed by atoms with E-state index in [4.69, 9.17) is 0 Å². The first kappa shape index (κ1) is 12.2. The highest BCUT2D eigenvalue weighted by Crippen LogP contribution is 2.42. The van der Waals surface area contributed by atoms with Crippen LogP contribution in [0, 0.1) is 16.7 Å². The van der Waals surface area contributed by atoms with Gasteiger partial charge in [0, 0.05) is 30.9 Å². The number of H-pyrrole nitrogens is 1. The number of nitriles is 1. The highest BCUT2D eigenvalue weighted by molar-refractivity contribution is 5.86. The van der Waals surface area contributed by atoms with Crippen molar-refractivity contribution < 1.29 is 4.79 Å². The van der Waals surface area contributed by atoms with Crippen molar-refractivity contribution in [1.82, 2.24) is 15.1 Å². The number of carbonyl (C=O) groups is 1. The number of carbonyl (C=O) groups excluding carboxylic acids is 1. The minimum absolute atomic E-state index is 0.0467. The van der Waals surface area contributed by atoms with Crippen LogP contribution in [0.3, 0.4) is 0 Å². The Balaban J connectivity index is 1.72. The highest BCUT2D eigenvalue weighted by atomic mass is 16.2. The van der Waals surface area contributed by atoms with Gasteiger partial charge in [-0.2, -0.15) is 10.4 Å². The quantitative estimate of drug-likeness (QED) is 0.879. The fourth-order valence-corrected chi connectivity index (χ4v) is 3.12. The van der Waals surface area contributed by atoms with E-state index in [2.05, 4.69) is 16.3 Å². The van der Waals surface area contributed by atoms with Gasteiger partial charge in [0.1, 0.15) is 5.41 Å². The van der Waals surface area contributed by atoms with Gasteiger partial charge in [0.2, 0.25) is 5.91 Å². The number of rotatable bonds is 2. The smallest absolute Gasteiger partial charge is 0.243 e. The lowest BCUT2D eigenvalue weighted by Crippen LogP contribution is -2.50. The van der Waals surface area contributed by atoms with Gasteiger partial charge in [-0.25, -0.2) is 0 Å². The monoisotopic (exact) mass is 258 g/mol. The van der Waals surface area contributed by atoms with Gasteiger partial charge in [-0.15, -0.1) is 0 Å². The van der Waals surface area contributed by atoms with E-state index in [0.717, 1.165) is 44.3 Å². The van der Waals surface area contributed by atoms with Crippen LogP contribution in [-0.2, 0) is 4.79 Å². The largest absolute Gasteiger partial charge is 0.341 e. The molecule has 19 heavy (non-hydrogen) atoms. The highest BCUT2D eigenvalue weighted by Gasteiger charge is 2.47. The standard InChI is InChI=1S/C14H18N4O/c15-10-14(5-2-6-14)13(19)18-8-1-3-11(9-18)12-4-7-16-17-12/h4,7,11H,1-3,5-6,8-9H2,(H,16,17)/t11-/m1/s1. The summed E-state index contributed by atoms with van der Waals surface area (Å²) in [6, 6.07) is 4.22. The maximum Gasteiger partial charge on any atom is 0.243 e. The van der Waals surface area contributed by atoms with Crippen LogP contribution in [0.2, 0.25) is 0 Å². The number of piperidine rings is 1. The minimum atomic E-state index is -0.712. The molecule has 2 fully saturated rings. The second-order valence-corrected chi connectivity index (χ2v) is 5.65. The minimum Gasteiger partial charge on any atom is -0.341 e. The van der Waals surface area contributed by atoms with Crippen molar-refractivity contribution in [1.29, 1.82) is 5.26 Å². The zero-order valence-electron chi connectivity index (χ0n) is 10.9. The molecule has 100 valence electrons. The van der Waals surface area contributed by atoms with Crippen LogP contribution in [0.15, 0.2) is 12.3 Å². The van der Waals surface area contributed by atoms with Crippen molar-refractivity contribution in [3.8, 4) is 6.07 Å². The third-order valence-electron chi connectivity index (χ3n) is 4.50. The zero-order chi connectivity index (χ0) is 13.3. The number of hydrogen-bond acceptors (Lipinski definition) is 3. The van der Waals surface area contributed by atoms with Gasteiger partial charge < -0.3 is 4.90 Å². The summed E-state index contributed by atoms with van der Waals surface area (Å²) in [5.41, 5.74) is 0.382. The fraction of sp³-hybridized carbons (Fsp3) is 0.643. The summed E-state index contributed by atoms with van der Waals surface area (Å²) >= 11 is 0. The van der Waals surface area contributed by atoms with E-state index < -0.39 is 5.41 Å². The lowest BCUT2D eigenvalue weighted by atomic mass is 9.68. The number of likely N-dealkylation sites (tertiary alicyclic amines) is 1. The molecule has 0 radical (unpaired) electrons. The summed E-state index contributed by atoms with van der Waals surface area (Å²) in [6.45, 7) is 1.50. The van der Waals surface area contributed by atoms with E-state index in [1.54, 1.807) is 6.20 Å². The average Bonchev–Trinajstić information content (AvgIpc) is 2.92. The van der Waals surface area contributed by atoms with Crippen LogP contribution in [0.1, 0.15) is 43.7 Å². The summed E-state index contributed by atoms with van der Waals surface area (Å²) in [4.78, 5) is 14.4. The average molecular weight is 258 g/mol. The molecule has 1 aromatic heterocycles. The van der Waals surface area contributed by atoms with E-state index in [1.807, 2.05) is 11.0 Å². The normalized spacial score (nSPS) is 25.4. The Morgan fingerprint density at radius 2 is 2.37 bits per heavy atom. The van der Waals surface area contributed by atoms with E-state index in [1.165, 1.54) is 0 Å². The van der Waals surface area contributed by atoms with Crippen molar-refractivity contribution in [3.63, 3.8) is 0 Å². The Hall–Kier alpha value is -1.83. The van der Waals surface area contributed by atoms with E-state index in [-0.39, 0.29) is 5.91 Å². The van der Waals surface area contributed by atoms with E-state index in [9.17, 15) is 10.1 Å². The summed E-state index contributed by atoms with van der Waals surface area (Å²) in [5, 5.41) is 16.2. The first-order chi connectivity index (χ1) is 9.25. The molecule has 0 aromatic carbocycles. The van der Waals surface area contributed by atoms with Crippen molar-refractivity contribution in [2.24, 2.45) is 5.41 Å². The summed E-state index contributed by atoms with van der Waals surface area (Å²) < 4.78 is 0. The van der Waals surface area contributed by atoms with Crippen LogP contribution >= 0.6 is 0 Å². The Kier molecular flexibility index (Phi) is 3.02. The number of nitrogens with zero attached hydrogens (tertiary/aromatic N) is 3. The van der Waals surface area contributed by atoms with Gasteiger partial charge in [0.05, 0.1) is 6.07 Å². The lowest BCUT2D eigenvalue weighted by molar-refractivity contribution is -0.144. The molecule has 0 spiro atoms. The molecule has 0 unspecified atom stereocenters. The number of aromatic nitrogens is 2. The molecule has 2 heterocycles. The Labute approximate surface area is 112 Å². The predicted octanol–water partition coefficient (Wildman–Crippen LogP) is 1.81. The maximum atomic E-state index is 12.5. The van der Waals surface area contributed by atoms with Gasteiger partial charge in [-0.1, -0.05) is 0 Å². The molecule has 1 N–H and O–H groups in total. The molecule has 1 saturated carbocycles. The number of nitrogens with one attached hydrogen (secondary N) is 1. The molecule has 1 saturated heterocycles. The predicted molar refractivity (Wildman–Crippen MR) is 69.0 cm³/mol. The second-order valence-electron chi connectivity index (χ2n) is 5.65. The zero-order valence-corrected chi connectivity index (χ0v) is 10.9. The lowest BCUT2D eigenvalue weighted by Gasteiger charge is -2.41. The Bertz CT molecular complexity index is 498. The maximum absolute atomic E-state index is 12.5. The fourth-order valence-electron chi connectivity index (χ4n) is 3.12. The third kappa shape index (κ3) is 2.01. The molecule has 1 aliphatic heterocycles. The first-order valence-corrected chi connectivity index (χ1v) is 6.95. The third-order valence-corrected chi connectivity index (χ3v) is 4.50. The summed E-state index contributed by atoms with van der Waals surface area (Å²) in [6.07, 6.45) is 6.28. The molecule has 1 atom stereocenters. The van der Waals surface area contributed by atoms with Gasteiger partial charge >= 0.3 is 0 Å². The van der Waals surface area contributed by atoms with Gasteiger partial charge in [0.25, 0.3) is 0 Å². The van der Waals surface area contributed by atoms with Crippen molar-refractivity contribution >= 4 is 5.91 Å². The molecule has 5 heteroatoms. The van der Waals surface area contributed by atoms with E-state index in [0.29, 0.717) is 12.5 Å². The second kappa shape index (κ2) is 4.69. The molecule has 2 aliphatic rings. The molecule has 1 amide bonds. The molecular weight excluding hydrogens is 240 g/mol. The number of hydrogen-bond donors (Lipinski definition) is 1. The van der Waals surface area contributed by atoms with Gasteiger partial charge in [-0.05, 0) is 38.2 Å². The first-order valence-electron chi connectivity index (χ1n) is 6.95. The van der Waals surface area contributed by atoms with Crippen LogP contribution in [0.4, 0.5) is 0 Å². The molecule has 1 aromatic rings. The number of aromatic amines is 1. The van der Waals surface area contributed by atoms with Gasteiger partial charge in [-0.3, -0.25) is 9.89 Å². The van der Waals surface area contributed by atoms with Crippen LogP contribution < -0.4 is 0 Å². The molecule has 1 aliphatic carbocycles. The van der Waals surface area contributed by atoms with Gasteiger partial charge in [0.15, 0.2) is 0 Å². The molecular formula is C14H18N4O. The topological polar surface area (TPSA) is 72.8 Å². The molecule has 3 rings (SSSR count). The van der Waals surface area contributed by atoms with Crippen LogP contribution in [-0.4, -0.2) is 34.1 Å². The Morgan fingerprint density at radius 1 is 1.53 bits per heavy atom. The Morgan fingerprint density at radius 3 is 2.95 bits per heavy atom. The summed E-state index contributed by atoms with van der Waals surface area (Å²) in [5.74, 6) is 0.376. The van der Waals surface area contributed by atoms with Crippen LogP contribution in [0.25, 0.3) is 0 Å². The molecule has 0 bridgehead atoms. The SMILES string of the molecule is N#CC1(C(=O)N2CCC[C@@H](c3ccn[nH]3)C2)CCC1. The number of amides is 1. The van der Waals surface area contributed by atoms with Crippen molar-refractivity contribution in [2.75, 3.05) is 13.1 Å². The van der Waals surface area contributed by atoms with Crippen molar-refractivity contribution in [3.05, 3.63) is 18.0 Å². The molecule has 5 nitrogen and oxygen atoms in total. The van der Waals surface area contributed by atoms with E-state index >= 15 is 0 Å². The van der Waals surface area contributed by atoms with Crippen molar-refractivity contribution in [2.45, 2.75) is 38.0 Å². The van der Waals surface area contributed by atoms with Crippen LogP contribution in [0.5, 0.6) is 0 Å². The summed E-state index contributed by atoms with van der Waals surface area (Å²) in [7, 11) is 0.